The minimum absolute atomic E-state index is 0.0537. The van der Waals surface area contributed by atoms with Crippen LogP contribution in [0.3, 0.4) is 0 Å². The van der Waals surface area contributed by atoms with Crippen LogP contribution in [0.5, 0.6) is 5.75 Å². The molecular formula is C17H28N2O2. The molecule has 0 fully saturated rings. The molecule has 1 unspecified atom stereocenters. The summed E-state index contributed by atoms with van der Waals surface area (Å²) in [4.78, 5) is 11.8. The van der Waals surface area contributed by atoms with Gasteiger partial charge in [-0.3, -0.25) is 4.79 Å². The Kier molecular flexibility index (Phi) is 7.23. The standard InChI is InChI=1S/C17H28N2O2/c1-12(2)14(5)19-17(20)11-21-16-8-6-7-15(9-16)10-18-13(3)4/h6-9,12-14,18H,10-11H2,1-5H3,(H,19,20). The topological polar surface area (TPSA) is 50.4 Å². The Morgan fingerprint density at radius 3 is 2.52 bits per heavy atom. The summed E-state index contributed by atoms with van der Waals surface area (Å²) in [5, 5.41) is 6.29. The molecule has 4 nitrogen and oxygen atoms in total. The van der Waals surface area contributed by atoms with Crippen LogP contribution >= 0.6 is 0 Å². The van der Waals surface area contributed by atoms with Crippen LogP contribution in [0.25, 0.3) is 0 Å². The smallest absolute Gasteiger partial charge is 0.258 e. The molecule has 0 saturated heterocycles. The highest BCUT2D eigenvalue weighted by Crippen LogP contribution is 2.13. The van der Waals surface area contributed by atoms with Gasteiger partial charge in [0.05, 0.1) is 0 Å². The molecule has 4 heteroatoms. The quantitative estimate of drug-likeness (QED) is 0.774. The molecule has 0 aliphatic heterocycles. The Bertz CT molecular complexity index is 444. The molecule has 1 aromatic carbocycles. The summed E-state index contributed by atoms with van der Waals surface area (Å²) in [5.74, 6) is 1.06. The lowest BCUT2D eigenvalue weighted by Gasteiger charge is -2.17. The monoisotopic (exact) mass is 292 g/mol. The molecule has 0 radical (unpaired) electrons. The molecule has 21 heavy (non-hydrogen) atoms. The van der Waals surface area contributed by atoms with Crippen molar-refractivity contribution in [2.45, 2.75) is 53.2 Å². The summed E-state index contributed by atoms with van der Waals surface area (Å²) >= 11 is 0. The Hall–Kier alpha value is -1.55. The molecule has 1 aromatic rings. The Labute approximate surface area is 128 Å². The van der Waals surface area contributed by atoms with Crippen molar-refractivity contribution in [2.75, 3.05) is 6.61 Å². The molecule has 0 aliphatic rings. The van der Waals surface area contributed by atoms with Crippen molar-refractivity contribution < 1.29 is 9.53 Å². The average molecular weight is 292 g/mol. The maximum atomic E-state index is 11.8. The van der Waals surface area contributed by atoms with Crippen molar-refractivity contribution in [3.63, 3.8) is 0 Å². The number of hydrogen-bond acceptors (Lipinski definition) is 3. The van der Waals surface area contributed by atoms with Crippen LogP contribution in [0.2, 0.25) is 0 Å². The number of hydrogen-bond donors (Lipinski definition) is 2. The fraction of sp³-hybridized carbons (Fsp3) is 0.588. The minimum Gasteiger partial charge on any atom is -0.484 e. The van der Waals surface area contributed by atoms with Crippen molar-refractivity contribution >= 4 is 5.91 Å². The molecule has 1 amide bonds. The number of carbonyl (C=O) groups excluding carboxylic acids is 1. The highest BCUT2D eigenvalue weighted by atomic mass is 16.5. The summed E-state index contributed by atoms with van der Waals surface area (Å²) in [5.41, 5.74) is 1.15. The molecule has 1 atom stereocenters. The van der Waals surface area contributed by atoms with Crippen molar-refractivity contribution in [1.82, 2.24) is 10.6 Å². The highest BCUT2D eigenvalue weighted by molar-refractivity contribution is 5.77. The maximum Gasteiger partial charge on any atom is 0.258 e. The Morgan fingerprint density at radius 1 is 1.19 bits per heavy atom. The molecule has 118 valence electrons. The van der Waals surface area contributed by atoms with E-state index in [0.717, 1.165) is 17.9 Å². The molecule has 0 heterocycles. The Morgan fingerprint density at radius 2 is 1.90 bits per heavy atom. The van der Waals surface area contributed by atoms with E-state index >= 15 is 0 Å². The largest absolute Gasteiger partial charge is 0.484 e. The predicted octanol–water partition coefficient (Wildman–Crippen LogP) is 2.72. The summed E-state index contributed by atoms with van der Waals surface area (Å²) in [6.45, 7) is 11.2. The van der Waals surface area contributed by atoms with E-state index in [1.165, 1.54) is 0 Å². The maximum absolute atomic E-state index is 11.8. The van der Waals surface area contributed by atoms with Crippen LogP contribution in [-0.4, -0.2) is 24.6 Å². The van der Waals surface area contributed by atoms with Crippen molar-refractivity contribution in [2.24, 2.45) is 5.92 Å². The molecule has 0 spiro atoms. The first-order valence-electron chi connectivity index (χ1n) is 7.63. The predicted molar refractivity (Wildman–Crippen MR) is 86.4 cm³/mol. The molecule has 0 aliphatic carbocycles. The normalized spacial score (nSPS) is 12.5. The zero-order valence-corrected chi connectivity index (χ0v) is 13.8. The number of carbonyl (C=O) groups is 1. The van der Waals surface area contributed by atoms with Gasteiger partial charge in [-0.1, -0.05) is 39.8 Å². The summed E-state index contributed by atoms with van der Waals surface area (Å²) in [7, 11) is 0. The highest BCUT2D eigenvalue weighted by Gasteiger charge is 2.11. The lowest BCUT2D eigenvalue weighted by molar-refractivity contribution is -0.124. The van der Waals surface area contributed by atoms with Crippen LogP contribution in [0, 0.1) is 5.92 Å². The number of amides is 1. The van der Waals surface area contributed by atoms with E-state index in [0.29, 0.717) is 12.0 Å². The van der Waals surface area contributed by atoms with E-state index in [1.807, 2.05) is 31.2 Å². The van der Waals surface area contributed by atoms with Gasteiger partial charge in [0.2, 0.25) is 0 Å². The van der Waals surface area contributed by atoms with Gasteiger partial charge in [0, 0.05) is 18.6 Å². The third kappa shape index (κ3) is 7.14. The molecule has 0 bridgehead atoms. The van der Waals surface area contributed by atoms with Crippen LogP contribution in [0.15, 0.2) is 24.3 Å². The fourth-order valence-corrected chi connectivity index (χ4v) is 1.68. The molecule has 0 saturated carbocycles. The van der Waals surface area contributed by atoms with Gasteiger partial charge in [-0.15, -0.1) is 0 Å². The van der Waals surface area contributed by atoms with Gasteiger partial charge < -0.3 is 15.4 Å². The van der Waals surface area contributed by atoms with Gasteiger partial charge in [0.25, 0.3) is 5.91 Å². The summed E-state index contributed by atoms with van der Waals surface area (Å²) in [6, 6.07) is 8.43. The van der Waals surface area contributed by atoms with E-state index in [2.05, 4.69) is 38.3 Å². The number of benzene rings is 1. The van der Waals surface area contributed by atoms with E-state index in [-0.39, 0.29) is 18.6 Å². The van der Waals surface area contributed by atoms with Gasteiger partial charge in [-0.25, -0.2) is 0 Å². The number of rotatable bonds is 8. The van der Waals surface area contributed by atoms with Gasteiger partial charge in [-0.2, -0.15) is 0 Å². The average Bonchev–Trinajstić information content (AvgIpc) is 2.43. The minimum atomic E-state index is -0.0816. The van der Waals surface area contributed by atoms with Gasteiger partial charge in [-0.05, 0) is 30.5 Å². The van der Waals surface area contributed by atoms with Gasteiger partial charge in [0.15, 0.2) is 6.61 Å². The third-order valence-corrected chi connectivity index (χ3v) is 3.37. The molecule has 0 aromatic heterocycles. The first-order valence-corrected chi connectivity index (χ1v) is 7.63. The first kappa shape index (κ1) is 17.5. The van der Waals surface area contributed by atoms with E-state index in [9.17, 15) is 4.79 Å². The van der Waals surface area contributed by atoms with Crippen molar-refractivity contribution in [1.29, 1.82) is 0 Å². The molecular weight excluding hydrogens is 264 g/mol. The molecule has 2 N–H and O–H groups in total. The number of ether oxygens (including phenoxy) is 1. The second-order valence-electron chi connectivity index (χ2n) is 6.07. The van der Waals surface area contributed by atoms with Crippen LogP contribution in [0.1, 0.15) is 40.2 Å². The first-order chi connectivity index (χ1) is 9.88. The second kappa shape index (κ2) is 8.67. The summed E-state index contributed by atoms with van der Waals surface area (Å²) in [6.07, 6.45) is 0. The van der Waals surface area contributed by atoms with Crippen LogP contribution in [0.4, 0.5) is 0 Å². The van der Waals surface area contributed by atoms with Crippen LogP contribution < -0.4 is 15.4 Å². The summed E-state index contributed by atoms with van der Waals surface area (Å²) < 4.78 is 5.56. The number of nitrogens with one attached hydrogen (secondary N) is 2. The third-order valence-electron chi connectivity index (χ3n) is 3.37. The van der Waals surface area contributed by atoms with E-state index in [1.54, 1.807) is 0 Å². The van der Waals surface area contributed by atoms with Gasteiger partial charge >= 0.3 is 0 Å². The fourth-order valence-electron chi connectivity index (χ4n) is 1.68. The molecule has 1 rings (SSSR count). The van der Waals surface area contributed by atoms with Gasteiger partial charge in [0.1, 0.15) is 5.75 Å². The van der Waals surface area contributed by atoms with E-state index in [4.69, 9.17) is 4.74 Å². The van der Waals surface area contributed by atoms with Crippen molar-refractivity contribution in [3.05, 3.63) is 29.8 Å². The Balaban J connectivity index is 2.44. The zero-order valence-electron chi connectivity index (χ0n) is 13.8. The lowest BCUT2D eigenvalue weighted by atomic mass is 10.1. The van der Waals surface area contributed by atoms with E-state index < -0.39 is 0 Å². The zero-order chi connectivity index (χ0) is 15.8. The second-order valence-corrected chi connectivity index (χ2v) is 6.07. The van der Waals surface area contributed by atoms with Crippen molar-refractivity contribution in [3.8, 4) is 5.75 Å². The lowest BCUT2D eigenvalue weighted by Crippen LogP contribution is -2.38. The van der Waals surface area contributed by atoms with Crippen LogP contribution in [-0.2, 0) is 11.3 Å². The SMILES string of the molecule is CC(C)NCc1cccc(OCC(=O)NC(C)C(C)C)c1.